The molecule has 3 rings (SSSR count). The zero-order chi connectivity index (χ0) is 19.4. The number of aldehydes is 1. The van der Waals surface area contributed by atoms with Crippen LogP contribution in [0.1, 0.15) is 17.3 Å². The molecule has 9 heteroatoms. The van der Waals surface area contributed by atoms with Gasteiger partial charge in [0.1, 0.15) is 12.0 Å². The summed E-state index contributed by atoms with van der Waals surface area (Å²) in [5, 5.41) is 7.48. The van der Waals surface area contributed by atoms with Crippen molar-refractivity contribution in [1.29, 1.82) is 0 Å². The van der Waals surface area contributed by atoms with E-state index in [1.165, 1.54) is 18.1 Å². The molecule has 0 radical (unpaired) electrons. The fourth-order valence-corrected chi connectivity index (χ4v) is 2.61. The fraction of sp³-hybridized carbons (Fsp3) is 0.167. The van der Waals surface area contributed by atoms with E-state index in [2.05, 4.69) is 10.4 Å². The lowest BCUT2D eigenvalue weighted by molar-refractivity contribution is 0.112. The highest BCUT2D eigenvalue weighted by Gasteiger charge is 2.24. The minimum Gasteiger partial charge on any atom is -0.495 e. The van der Waals surface area contributed by atoms with Gasteiger partial charge in [0.25, 0.3) is 0 Å². The van der Waals surface area contributed by atoms with E-state index in [0.29, 0.717) is 33.7 Å². The Morgan fingerprint density at radius 3 is 2.56 bits per heavy atom. The molecule has 1 aromatic heterocycles. The lowest BCUT2D eigenvalue weighted by Crippen LogP contribution is -2.41. The van der Waals surface area contributed by atoms with Crippen LogP contribution in [0.5, 0.6) is 5.75 Å². The zero-order valence-corrected chi connectivity index (χ0v) is 14.8. The van der Waals surface area contributed by atoms with Crippen LogP contribution in [0.25, 0.3) is 5.69 Å². The van der Waals surface area contributed by atoms with Crippen molar-refractivity contribution in [2.75, 3.05) is 18.6 Å². The Hall–Kier alpha value is -3.75. The van der Waals surface area contributed by atoms with E-state index < -0.39 is 11.7 Å². The van der Waals surface area contributed by atoms with Gasteiger partial charge in [0.05, 0.1) is 18.5 Å². The molecule has 27 heavy (non-hydrogen) atoms. The topological polar surface area (TPSA) is 99.3 Å². The number of carbonyl (C=O) groups is 2. The minimum absolute atomic E-state index is 0.224. The second kappa shape index (κ2) is 7.65. The highest BCUT2D eigenvalue weighted by Crippen LogP contribution is 2.29. The minimum atomic E-state index is -0.703. The first-order valence-electron chi connectivity index (χ1n) is 8.16. The van der Waals surface area contributed by atoms with Crippen LogP contribution in [0.2, 0.25) is 0 Å². The van der Waals surface area contributed by atoms with Gasteiger partial charge in [-0.25, -0.2) is 9.59 Å². The van der Waals surface area contributed by atoms with E-state index in [4.69, 9.17) is 4.74 Å². The predicted octanol–water partition coefficient (Wildman–Crippen LogP) is 1.74. The van der Waals surface area contributed by atoms with Crippen LogP contribution < -0.4 is 15.3 Å². The molecule has 1 amide bonds. The zero-order valence-electron chi connectivity index (χ0n) is 14.8. The van der Waals surface area contributed by atoms with Crippen molar-refractivity contribution >= 4 is 18.0 Å². The Kier molecular flexibility index (Phi) is 5.11. The number of benzene rings is 2. The number of carbonyl (C=O) groups excluding carboxylic acids is 2. The largest absolute Gasteiger partial charge is 0.495 e. The van der Waals surface area contributed by atoms with E-state index in [1.807, 2.05) is 0 Å². The molecule has 0 fully saturated rings. The van der Waals surface area contributed by atoms with E-state index in [1.54, 1.807) is 49.4 Å². The molecule has 0 atom stereocenters. The molecule has 9 nitrogen and oxygen atoms in total. The molecule has 3 aromatic rings. The quantitative estimate of drug-likeness (QED) is 0.503. The molecular formula is C18H17N5O4. The van der Waals surface area contributed by atoms with Crippen LogP contribution in [-0.4, -0.2) is 45.8 Å². The number of ether oxygens (including phenoxy) is 1. The highest BCUT2D eigenvalue weighted by molar-refractivity contribution is 5.95. The third kappa shape index (κ3) is 3.34. The maximum absolute atomic E-state index is 12.9. The second-order valence-corrected chi connectivity index (χ2v) is 5.50. The van der Waals surface area contributed by atoms with Crippen molar-refractivity contribution in [3.05, 3.63) is 64.6 Å². The van der Waals surface area contributed by atoms with Crippen LogP contribution in [0, 0.1) is 0 Å². The molecule has 2 aromatic carbocycles. The van der Waals surface area contributed by atoms with Gasteiger partial charge in [-0.1, -0.05) is 18.2 Å². The standard InChI is InChI=1S/C18H17N5O4/c1-3-21(15-11-13(12-24)9-10-16(15)27-2)17(25)23-18(26)22(19-20-23)14-7-5-4-6-8-14/h4-12H,3H2,1-2H3. The van der Waals surface area contributed by atoms with Crippen molar-refractivity contribution < 1.29 is 14.3 Å². The van der Waals surface area contributed by atoms with Crippen LogP contribution in [0.4, 0.5) is 10.5 Å². The SMILES string of the molecule is CCN(C(=O)n1nnn(-c2ccccc2)c1=O)c1cc(C=O)ccc1OC. The number of aromatic nitrogens is 4. The number of methoxy groups -OCH3 is 1. The van der Waals surface area contributed by atoms with Gasteiger partial charge in [0, 0.05) is 12.1 Å². The first-order valence-corrected chi connectivity index (χ1v) is 8.16. The molecule has 0 bridgehead atoms. The number of amides is 1. The lowest BCUT2D eigenvalue weighted by atomic mass is 10.2. The van der Waals surface area contributed by atoms with Gasteiger partial charge in [-0.3, -0.25) is 9.69 Å². The molecule has 0 aliphatic rings. The third-order valence-electron chi connectivity index (χ3n) is 3.94. The van der Waals surface area contributed by atoms with Crippen molar-refractivity contribution in [2.24, 2.45) is 0 Å². The number of para-hydroxylation sites is 1. The molecule has 0 saturated heterocycles. The summed E-state index contributed by atoms with van der Waals surface area (Å²) in [7, 11) is 1.45. The molecule has 0 aliphatic carbocycles. The van der Waals surface area contributed by atoms with E-state index in [0.717, 1.165) is 4.68 Å². The van der Waals surface area contributed by atoms with Crippen molar-refractivity contribution in [1.82, 2.24) is 19.8 Å². The summed E-state index contributed by atoms with van der Waals surface area (Å²) in [6.45, 7) is 1.96. The molecule has 0 aliphatic heterocycles. The first kappa shape index (κ1) is 18.1. The second-order valence-electron chi connectivity index (χ2n) is 5.50. The summed E-state index contributed by atoms with van der Waals surface area (Å²) in [6.07, 6.45) is 0.666. The Bertz CT molecular complexity index is 1030. The summed E-state index contributed by atoms with van der Waals surface area (Å²) in [5.74, 6) is 0.388. The summed E-state index contributed by atoms with van der Waals surface area (Å²) >= 11 is 0. The maximum Gasteiger partial charge on any atom is 0.377 e. The smallest absolute Gasteiger partial charge is 0.377 e. The summed E-state index contributed by atoms with van der Waals surface area (Å²) < 4.78 is 6.98. The van der Waals surface area contributed by atoms with Gasteiger partial charge in [-0.05, 0) is 47.7 Å². The molecule has 0 spiro atoms. The Morgan fingerprint density at radius 1 is 1.19 bits per heavy atom. The van der Waals surface area contributed by atoms with Gasteiger partial charge < -0.3 is 4.74 Å². The number of tetrazole rings is 1. The lowest BCUT2D eigenvalue weighted by Gasteiger charge is -2.22. The molecule has 0 saturated carbocycles. The van der Waals surface area contributed by atoms with Crippen molar-refractivity contribution in [2.45, 2.75) is 6.92 Å². The monoisotopic (exact) mass is 367 g/mol. The number of nitrogens with zero attached hydrogens (tertiary/aromatic N) is 5. The number of anilines is 1. The van der Waals surface area contributed by atoms with Crippen molar-refractivity contribution in [3.63, 3.8) is 0 Å². The fourth-order valence-electron chi connectivity index (χ4n) is 2.61. The van der Waals surface area contributed by atoms with Gasteiger partial charge in [0.15, 0.2) is 0 Å². The van der Waals surface area contributed by atoms with Crippen LogP contribution in [0.15, 0.2) is 53.3 Å². The van der Waals surface area contributed by atoms with Crippen LogP contribution >= 0.6 is 0 Å². The van der Waals surface area contributed by atoms with Gasteiger partial charge in [-0.15, -0.1) is 4.68 Å². The molecule has 1 heterocycles. The van der Waals surface area contributed by atoms with Crippen LogP contribution in [-0.2, 0) is 0 Å². The number of hydrogen-bond acceptors (Lipinski definition) is 6. The average molecular weight is 367 g/mol. The number of hydrogen-bond donors (Lipinski definition) is 0. The first-order chi connectivity index (χ1) is 13.1. The summed E-state index contributed by atoms with van der Waals surface area (Å²) in [5.41, 5.74) is 0.522. The van der Waals surface area contributed by atoms with Crippen LogP contribution in [0.3, 0.4) is 0 Å². The highest BCUT2D eigenvalue weighted by atomic mass is 16.5. The van der Waals surface area contributed by atoms with E-state index in [9.17, 15) is 14.4 Å². The predicted molar refractivity (Wildman–Crippen MR) is 97.8 cm³/mol. The number of rotatable bonds is 5. The summed E-state index contributed by atoms with van der Waals surface area (Å²) in [6, 6.07) is 12.6. The third-order valence-corrected chi connectivity index (χ3v) is 3.94. The Morgan fingerprint density at radius 2 is 1.93 bits per heavy atom. The van der Waals surface area contributed by atoms with Gasteiger partial charge in [-0.2, -0.15) is 4.68 Å². The normalized spacial score (nSPS) is 10.4. The average Bonchev–Trinajstić information content (AvgIpc) is 3.10. The van der Waals surface area contributed by atoms with Gasteiger partial charge in [0.2, 0.25) is 0 Å². The van der Waals surface area contributed by atoms with Crippen molar-refractivity contribution in [3.8, 4) is 11.4 Å². The Labute approximate surface area is 154 Å². The molecule has 138 valence electrons. The Balaban J connectivity index is 2.04. The van der Waals surface area contributed by atoms with E-state index in [-0.39, 0.29) is 6.54 Å². The maximum atomic E-state index is 12.9. The van der Waals surface area contributed by atoms with Gasteiger partial charge >= 0.3 is 11.7 Å². The summed E-state index contributed by atoms with van der Waals surface area (Å²) in [4.78, 5) is 37.9. The molecule has 0 unspecified atom stereocenters. The van der Waals surface area contributed by atoms with E-state index >= 15 is 0 Å². The molecular weight excluding hydrogens is 350 g/mol. The molecule has 0 N–H and O–H groups in total.